The monoisotopic (exact) mass is 402 g/mol. The highest BCUT2D eigenvalue weighted by molar-refractivity contribution is 6.03. The van der Waals surface area contributed by atoms with Crippen LogP contribution in [-0.2, 0) is 6.18 Å². The van der Waals surface area contributed by atoms with Crippen molar-refractivity contribution in [2.24, 2.45) is 0 Å². The molecular formula is C21H13F3O5. The van der Waals surface area contributed by atoms with E-state index >= 15 is 0 Å². The minimum atomic E-state index is -4.78. The van der Waals surface area contributed by atoms with E-state index in [1.165, 1.54) is 18.2 Å². The molecule has 0 heterocycles. The van der Waals surface area contributed by atoms with Gasteiger partial charge in [-0.25, -0.2) is 9.59 Å². The SMILES string of the molecule is O=C(O)c1cccc(Oc2c(-c3ccccc3)cccc2C(F)(F)F)c1C(=O)O. The fourth-order valence-corrected chi connectivity index (χ4v) is 2.84. The lowest BCUT2D eigenvalue weighted by atomic mass is 10.0. The first-order valence-corrected chi connectivity index (χ1v) is 8.23. The minimum Gasteiger partial charge on any atom is -0.478 e. The molecule has 0 spiro atoms. The zero-order chi connectivity index (χ0) is 21.2. The molecule has 0 saturated heterocycles. The van der Waals surface area contributed by atoms with Crippen molar-refractivity contribution < 1.29 is 37.7 Å². The van der Waals surface area contributed by atoms with Gasteiger partial charge in [0.2, 0.25) is 0 Å². The van der Waals surface area contributed by atoms with Gasteiger partial charge in [0.25, 0.3) is 0 Å². The fourth-order valence-electron chi connectivity index (χ4n) is 2.84. The number of rotatable bonds is 5. The van der Waals surface area contributed by atoms with E-state index in [1.807, 2.05) is 0 Å². The molecule has 0 atom stereocenters. The van der Waals surface area contributed by atoms with Gasteiger partial charge in [-0.1, -0.05) is 48.5 Å². The zero-order valence-corrected chi connectivity index (χ0v) is 14.6. The summed E-state index contributed by atoms with van der Waals surface area (Å²) in [7, 11) is 0. The van der Waals surface area contributed by atoms with Gasteiger partial charge >= 0.3 is 18.1 Å². The highest BCUT2D eigenvalue weighted by atomic mass is 19.4. The van der Waals surface area contributed by atoms with E-state index < -0.39 is 46.3 Å². The maximum absolute atomic E-state index is 13.6. The number of carbonyl (C=O) groups is 2. The van der Waals surface area contributed by atoms with Gasteiger partial charge in [-0.3, -0.25) is 0 Å². The molecule has 29 heavy (non-hydrogen) atoms. The Hall–Kier alpha value is -3.81. The van der Waals surface area contributed by atoms with Gasteiger partial charge in [0, 0.05) is 5.56 Å². The Bertz CT molecular complexity index is 1080. The highest BCUT2D eigenvalue weighted by Gasteiger charge is 2.36. The third kappa shape index (κ3) is 4.06. The molecule has 3 aromatic rings. The molecule has 148 valence electrons. The average molecular weight is 402 g/mol. The van der Waals surface area contributed by atoms with Crippen LogP contribution < -0.4 is 4.74 Å². The molecule has 0 aliphatic carbocycles. The number of hydrogen-bond acceptors (Lipinski definition) is 3. The Labute approximate surface area is 162 Å². The maximum atomic E-state index is 13.6. The van der Waals surface area contributed by atoms with E-state index in [0.29, 0.717) is 5.56 Å². The van der Waals surface area contributed by atoms with Crippen molar-refractivity contribution in [3.05, 3.63) is 83.4 Å². The quantitative estimate of drug-likeness (QED) is 0.584. The summed E-state index contributed by atoms with van der Waals surface area (Å²) in [6, 6.07) is 14.9. The molecule has 0 aliphatic rings. The van der Waals surface area contributed by atoms with Crippen molar-refractivity contribution in [2.75, 3.05) is 0 Å². The lowest BCUT2D eigenvalue weighted by molar-refractivity contribution is -0.138. The molecule has 0 radical (unpaired) electrons. The maximum Gasteiger partial charge on any atom is 0.420 e. The number of carboxylic acids is 2. The van der Waals surface area contributed by atoms with Crippen molar-refractivity contribution in [3.8, 4) is 22.6 Å². The third-order valence-corrected chi connectivity index (χ3v) is 4.09. The summed E-state index contributed by atoms with van der Waals surface area (Å²) in [6.45, 7) is 0. The van der Waals surface area contributed by atoms with Crippen molar-refractivity contribution in [2.45, 2.75) is 6.18 Å². The minimum absolute atomic E-state index is 0.0810. The predicted molar refractivity (Wildman–Crippen MR) is 97.3 cm³/mol. The Morgan fingerprint density at radius 1 is 0.793 bits per heavy atom. The summed E-state index contributed by atoms with van der Waals surface area (Å²) < 4.78 is 46.3. The van der Waals surface area contributed by atoms with Gasteiger partial charge in [0.15, 0.2) is 0 Å². The summed E-state index contributed by atoms with van der Waals surface area (Å²) in [5, 5.41) is 18.6. The number of alkyl halides is 3. The van der Waals surface area contributed by atoms with Crippen LogP contribution in [0.15, 0.2) is 66.7 Å². The van der Waals surface area contributed by atoms with Gasteiger partial charge in [0.05, 0.1) is 11.1 Å². The summed E-state index contributed by atoms with van der Waals surface area (Å²) in [4.78, 5) is 23.0. The van der Waals surface area contributed by atoms with Crippen LogP contribution in [-0.4, -0.2) is 22.2 Å². The van der Waals surface area contributed by atoms with Gasteiger partial charge < -0.3 is 14.9 Å². The standard InChI is InChI=1S/C21H13F3O5/c22-21(23,24)15-10-4-8-13(12-6-2-1-3-7-12)18(15)29-16-11-5-9-14(19(25)26)17(16)20(27)28/h1-11H,(H,25,26)(H,27,28). The Morgan fingerprint density at radius 3 is 2.03 bits per heavy atom. The Morgan fingerprint density at radius 2 is 1.45 bits per heavy atom. The average Bonchev–Trinajstić information content (AvgIpc) is 2.67. The van der Waals surface area contributed by atoms with Crippen molar-refractivity contribution in [1.29, 1.82) is 0 Å². The van der Waals surface area contributed by atoms with Gasteiger partial charge in [0.1, 0.15) is 17.1 Å². The summed E-state index contributed by atoms with van der Waals surface area (Å²) >= 11 is 0. The van der Waals surface area contributed by atoms with E-state index in [9.17, 15) is 33.0 Å². The molecule has 0 fully saturated rings. The molecule has 3 rings (SSSR count). The smallest absolute Gasteiger partial charge is 0.420 e. The Balaban J connectivity index is 2.26. The normalized spacial score (nSPS) is 11.1. The fraction of sp³-hybridized carbons (Fsp3) is 0.0476. The molecular weight excluding hydrogens is 389 g/mol. The molecule has 0 bridgehead atoms. The molecule has 0 unspecified atom stereocenters. The second kappa shape index (κ2) is 7.67. The first kappa shape index (κ1) is 19.9. The molecule has 0 aromatic heterocycles. The van der Waals surface area contributed by atoms with Crippen LogP contribution in [0, 0.1) is 0 Å². The van der Waals surface area contributed by atoms with Crippen molar-refractivity contribution in [1.82, 2.24) is 0 Å². The van der Waals surface area contributed by atoms with E-state index in [4.69, 9.17) is 4.74 Å². The lowest BCUT2D eigenvalue weighted by Crippen LogP contribution is -2.12. The molecule has 0 amide bonds. The van der Waals surface area contributed by atoms with Crippen LogP contribution in [0.2, 0.25) is 0 Å². The van der Waals surface area contributed by atoms with Crippen LogP contribution in [0.4, 0.5) is 13.2 Å². The molecule has 3 aromatic carbocycles. The van der Waals surface area contributed by atoms with Gasteiger partial charge in [-0.15, -0.1) is 0 Å². The van der Waals surface area contributed by atoms with Crippen LogP contribution in [0.1, 0.15) is 26.3 Å². The van der Waals surface area contributed by atoms with Gasteiger partial charge in [-0.2, -0.15) is 13.2 Å². The second-order valence-corrected chi connectivity index (χ2v) is 5.94. The first-order chi connectivity index (χ1) is 13.7. The second-order valence-electron chi connectivity index (χ2n) is 5.94. The molecule has 2 N–H and O–H groups in total. The van der Waals surface area contributed by atoms with Crippen LogP contribution >= 0.6 is 0 Å². The number of aromatic carboxylic acids is 2. The third-order valence-electron chi connectivity index (χ3n) is 4.09. The van der Waals surface area contributed by atoms with Crippen LogP contribution in [0.5, 0.6) is 11.5 Å². The van der Waals surface area contributed by atoms with Crippen LogP contribution in [0.3, 0.4) is 0 Å². The summed E-state index contributed by atoms with van der Waals surface area (Å²) in [5.41, 5.74) is -1.95. The largest absolute Gasteiger partial charge is 0.478 e. The molecule has 0 saturated carbocycles. The summed E-state index contributed by atoms with van der Waals surface area (Å²) in [5.74, 6) is -4.30. The number of hydrogen-bond donors (Lipinski definition) is 2. The predicted octanol–water partition coefficient (Wildman–Crippen LogP) is 5.56. The number of benzene rings is 3. The number of halogens is 3. The lowest BCUT2D eigenvalue weighted by Gasteiger charge is -2.19. The number of para-hydroxylation sites is 1. The van der Waals surface area contributed by atoms with E-state index in [2.05, 4.69) is 0 Å². The molecule has 0 aliphatic heterocycles. The Kier molecular flexibility index (Phi) is 5.27. The van der Waals surface area contributed by atoms with Crippen LogP contribution in [0.25, 0.3) is 11.1 Å². The van der Waals surface area contributed by atoms with Crippen molar-refractivity contribution in [3.63, 3.8) is 0 Å². The topological polar surface area (TPSA) is 83.8 Å². The van der Waals surface area contributed by atoms with E-state index in [1.54, 1.807) is 30.3 Å². The summed E-state index contributed by atoms with van der Waals surface area (Å²) in [6.07, 6.45) is -4.78. The van der Waals surface area contributed by atoms with Gasteiger partial charge in [-0.05, 0) is 23.8 Å². The van der Waals surface area contributed by atoms with E-state index in [0.717, 1.165) is 18.2 Å². The first-order valence-electron chi connectivity index (χ1n) is 8.23. The molecule has 5 nitrogen and oxygen atoms in total. The number of carboxylic acid groups (broad SMARTS) is 2. The number of ether oxygens (including phenoxy) is 1. The van der Waals surface area contributed by atoms with Crippen molar-refractivity contribution >= 4 is 11.9 Å². The van der Waals surface area contributed by atoms with E-state index in [-0.39, 0.29) is 5.56 Å². The highest BCUT2D eigenvalue weighted by Crippen LogP contribution is 2.44. The molecule has 8 heteroatoms. The zero-order valence-electron chi connectivity index (χ0n) is 14.6.